The fourth-order valence-corrected chi connectivity index (χ4v) is 2.05. The highest BCUT2D eigenvalue weighted by molar-refractivity contribution is 5.18. The summed E-state index contributed by atoms with van der Waals surface area (Å²) >= 11 is 0. The Hall–Kier alpha value is -0.890. The van der Waals surface area contributed by atoms with Gasteiger partial charge in [-0.1, -0.05) is 44.9 Å². The lowest BCUT2D eigenvalue weighted by molar-refractivity contribution is 0.452. The van der Waals surface area contributed by atoms with Gasteiger partial charge in [-0.3, -0.25) is 0 Å². The van der Waals surface area contributed by atoms with Crippen molar-refractivity contribution in [2.45, 2.75) is 45.6 Å². The van der Waals surface area contributed by atoms with Gasteiger partial charge in [-0.15, -0.1) is 0 Å². The molecule has 0 amide bonds. The fraction of sp³-hybridized carbons (Fsp3) is 0.600. The minimum atomic E-state index is -0.0865. The summed E-state index contributed by atoms with van der Waals surface area (Å²) in [6, 6.07) is 7.44. The minimum absolute atomic E-state index is 0.0865. The predicted octanol–water partition coefficient (Wildman–Crippen LogP) is 3.78. The molecule has 0 aliphatic rings. The van der Waals surface area contributed by atoms with Crippen LogP contribution in [0.2, 0.25) is 0 Å². The van der Waals surface area contributed by atoms with Crippen LogP contribution in [0.15, 0.2) is 24.3 Å². The van der Waals surface area contributed by atoms with Gasteiger partial charge in [0.2, 0.25) is 0 Å². The third-order valence-corrected chi connectivity index (χ3v) is 3.17. The first-order valence-electron chi connectivity index (χ1n) is 6.54. The van der Waals surface area contributed by atoms with Gasteiger partial charge in [-0.05, 0) is 37.4 Å². The lowest BCUT2D eigenvalue weighted by atomic mass is 9.98. The van der Waals surface area contributed by atoms with Gasteiger partial charge >= 0.3 is 0 Å². The molecule has 0 radical (unpaired) electrons. The summed E-state index contributed by atoms with van der Waals surface area (Å²) in [5.41, 5.74) is 0.816. The van der Waals surface area contributed by atoms with Crippen LogP contribution >= 0.6 is 0 Å². The Morgan fingerprint density at radius 3 is 2.47 bits per heavy atom. The van der Waals surface area contributed by atoms with Crippen LogP contribution in [0.25, 0.3) is 0 Å². The second-order valence-corrected chi connectivity index (χ2v) is 5.11. The van der Waals surface area contributed by atoms with Gasteiger partial charge in [0.15, 0.2) is 0 Å². The molecule has 0 aliphatic heterocycles. The fourth-order valence-electron chi connectivity index (χ4n) is 2.05. The zero-order valence-corrected chi connectivity index (χ0v) is 11.2. The summed E-state index contributed by atoms with van der Waals surface area (Å²) in [7, 11) is 1.96. The molecule has 1 aromatic carbocycles. The van der Waals surface area contributed by atoms with Crippen LogP contribution in [0.1, 0.15) is 38.7 Å². The van der Waals surface area contributed by atoms with E-state index in [1.807, 2.05) is 19.2 Å². The first-order valence-corrected chi connectivity index (χ1v) is 6.54. The first kappa shape index (κ1) is 14.2. The van der Waals surface area contributed by atoms with E-state index in [9.17, 15) is 4.39 Å². The maximum atomic E-state index is 13.5. The molecular weight excluding hydrogens is 213 g/mol. The molecule has 0 heterocycles. The number of likely N-dealkylation sites (N-methyl/N-ethyl adjacent to an activating group) is 1. The van der Waals surface area contributed by atoms with Gasteiger partial charge in [0.05, 0.1) is 0 Å². The van der Waals surface area contributed by atoms with Crippen molar-refractivity contribution < 1.29 is 4.39 Å². The molecular formula is C15H24FN. The summed E-state index contributed by atoms with van der Waals surface area (Å²) < 4.78 is 13.5. The van der Waals surface area contributed by atoms with Gasteiger partial charge in [-0.2, -0.15) is 0 Å². The SMILES string of the molecule is CNC(CCCC(C)C)Cc1ccccc1F. The molecule has 1 N–H and O–H groups in total. The molecule has 0 aromatic heterocycles. The van der Waals surface area contributed by atoms with Gasteiger partial charge < -0.3 is 5.32 Å². The minimum Gasteiger partial charge on any atom is -0.317 e. The highest BCUT2D eigenvalue weighted by atomic mass is 19.1. The van der Waals surface area contributed by atoms with E-state index >= 15 is 0 Å². The number of hydrogen-bond acceptors (Lipinski definition) is 1. The molecule has 0 saturated heterocycles. The number of hydrogen-bond donors (Lipinski definition) is 1. The van der Waals surface area contributed by atoms with E-state index in [-0.39, 0.29) is 5.82 Å². The van der Waals surface area contributed by atoms with Crippen LogP contribution in [-0.2, 0) is 6.42 Å². The predicted molar refractivity (Wildman–Crippen MR) is 71.6 cm³/mol. The average molecular weight is 237 g/mol. The number of rotatable bonds is 7. The summed E-state index contributed by atoms with van der Waals surface area (Å²) in [4.78, 5) is 0. The molecule has 0 spiro atoms. The Bertz CT molecular complexity index is 322. The molecule has 1 nitrogen and oxygen atoms in total. The van der Waals surface area contributed by atoms with E-state index in [1.54, 1.807) is 6.07 Å². The smallest absolute Gasteiger partial charge is 0.126 e. The molecule has 0 aliphatic carbocycles. The van der Waals surface area contributed by atoms with Crippen LogP contribution in [0, 0.1) is 11.7 Å². The van der Waals surface area contributed by atoms with Crippen molar-refractivity contribution in [2.24, 2.45) is 5.92 Å². The number of benzene rings is 1. The van der Waals surface area contributed by atoms with Crippen LogP contribution in [0.4, 0.5) is 4.39 Å². The topological polar surface area (TPSA) is 12.0 Å². The normalized spacial score (nSPS) is 13.0. The van der Waals surface area contributed by atoms with Crippen molar-refractivity contribution in [2.75, 3.05) is 7.05 Å². The second-order valence-electron chi connectivity index (χ2n) is 5.11. The van der Waals surface area contributed by atoms with Gasteiger partial charge in [0, 0.05) is 6.04 Å². The molecule has 1 atom stereocenters. The average Bonchev–Trinajstić information content (AvgIpc) is 2.30. The lowest BCUT2D eigenvalue weighted by Gasteiger charge is -2.17. The number of nitrogens with one attached hydrogen (secondary N) is 1. The van der Waals surface area contributed by atoms with Crippen molar-refractivity contribution in [1.29, 1.82) is 0 Å². The van der Waals surface area contributed by atoms with Crippen LogP contribution in [0.3, 0.4) is 0 Å². The van der Waals surface area contributed by atoms with E-state index < -0.39 is 0 Å². The zero-order valence-electron chi connectivity index (χ0n) is 11.2. The molecule has 0 saturated carbocycles. The Kier molecular flexibility index (Phi) is 6.20. The van der Waals surface area contributed by atoms with Crippen molar-refractivity contribution in [3.63, 3.8) is 0 Å². The standard InChI is InChI=1S/C15H24FN/c1-12(2)7-6-9-14(17-3)11-13-8-4-5-10-15(13)16/h4-5,8,10,12,14,17H,6-7,9,11H2,1-3H3. The van der Waals surface area contributed by atoms with Gasteiger partial charge in [0.25, 0.3) is 0 Å². The quantitative estimate of drug-likeness (QED) is 0.761. The Labute approximate surface area is 104 Å². The van der Waals surface area contributed by atoms with Crippen LogP contribution < -0.4 is 5.32 Å². The molecule has 1 aromatic rings. The van der Waals surface area contributed by atoms with Crippen molar-refractivity contribution in [1.82, 2.24) is 5.32 Å². The summed E-state index contributed by atoms with van der Waals surface area (Å²) in [6.07, 6.45) is 4.34. The van der Waals surface area contributed by atoms with E-state index in [1.165, 1.54) is 18.9 Å². The first-order chi connectivity index (χ1) is 8.13. The van der Waals surface area contributed by atoms with Crippen molar-refractivity contribution in [3.05, 3.63) is 35.6 Å². The van der Waals surface area contributed by atoms with E-state index in [0.717, 1.165) is 24.3 Å². The largest absolute Gasteiger partial charge is 0.317 e. The van der Waals surface area contributed by atoms with E-state index in [0.29, 0.717) is 6.04 Å². The van der Waals surface area contributed by atoms with Crippen LogP contribution in [0.5, 0.6) is 0 Å². The third kappa shape index (κ3) is 5.31. The highest BCUT2D eigenvalue weighted by Gasteiger charge is 2.10. The van der Waals surface area contributed by atoms with Gasteiger partial charge in [-0.25, -0.2) is 4.39 Å². The van der Waals surface area contributed by atoms with Crippen molar-refractivity contribution in [3.8, 4) is 0 Å². The number of halogens is 1. The molecule has 1 rings (SSSR count). The maximum absolute atomic E-state index is 13.5. The third-order valence-electron chi connectivity index (χ3n) is 3.17. The van der Waals surface area contributed by atoms with E-state index in [2.05, 4.69) is 19.2 Å². The molecule has 0 bridgehead atoms. The molecule has 2 heteroatoms. The Morgan fingerprint density at radius 1 is 1.18 bits per heavy atom. The maximum Gasteiger partial charge on any atom is 0.126 e. The summed E-state index contributed by atoms with van der Waals surface area (Å²) in [5, 5.41) is 3.28. The Morgan fingerprint density at radius 2 is 1.88 bits per heavy atom. The zero-order chi connectivity index (χ0) is 12.7. The van der Waals surface area contributed by atoms with Crippen LogP contribution in [-0.4, -0.2) is 13.1 Å². The molecule has 96 valence electrons. The lowest BCUT2D eigenvalue weighted by Crippen LogP contribution is -2.28. The molecule has 1 unspecified atom stereocenters. The van der Waals surface area contributed by atoms with Gasteiger partial charge in [0.1, 0.15) is 5.82 Å². The molecule has 0 fully saturated rings. The summed E-state index contributed by atoms with van der Waals surface area (Å²) in [6.45, 7) is 4.48. The Balaban J connectivity index is 2.44. The monoisotopic (exact) mass is 237 g/mol. The highest BCUT2D eigenvalue weighted by Crippen LogP contribution is 2.14. The second kappa shape index (κ2) is 7.44. The summed E-state index contributed by atoms with van der Waals surface area (Å²) in [5.74, 6) is 0.664. The van der Waals surface area contributed by atoms with E-state index in [4.69, 9.17) is 0 Å². The van der Waals surface area contributed by atoms with Crippen molar-refractivity contribution >= 4 is 0 Å². The molecule has 17 heavy (non-hydrogen) atoms.